The Morgan fingerprint density at radius 1 is 1.16 bits per heavy atom. The highest BCUT2D eigenvalue weighted by Crippen LogP contribution is 2.29. The van der Waals surface area contributed by atoms with Gasteiger partial charge in [0.05, 0.1) is 19.9 Å². The number of hydrogen-bond donors (Lipinski definition) is 1. The number of anilines is 1. The number of carbonyl (C=O) groups is 1. The van der Waals surface area contributed by atoms with Crippen molar-refractivity contribution in [3.05, 3.63) is 64.2 Å². The summed E-state index contributed by atoms with van der Waals surface area (Å²) in [6, 6.07) is 11.8. The molecule has 2 heterocycles. The number of nitrogens with zero attached hydrogens (tertiary/aromatic N) is 3. The molecule has 2 aromatic heterocycles. The van der Waals surface area contributed by atoms with Gasteiger partial charge in [-0.05, 0) is 24.3 Å². The summed E-state index contributed by atoms with van der Waals surface area (Å²) in [7, 11) is 3.01. The fraction of sp³-hybridized carbons (Fsp3) is 0.143. The number of hydrogen-bond acceptors (Lipinski definition) is 7. The van der Waals surface area contributed by atoms with E-state index in [0.29, 0.717) is 33.5 Å². The van der Waals surface area contributed by atoms with Crippen molar-refractivity contribution in [3.8, 4) is 22.8 Å². The van der Waals surface area contributed by atoms with Gasteiger partial charge in [-0.3, -0.25) is 14.2 Å². The predicted octanol–water partition coefficient (Wildman–Crippen LogP) is 3.36. The van der Waals surface area contributed by atoms with Crippen LogP contribution in [-0.4, -0.2) is 34.8 Å². The lowest BCUT2D eigenvalue weighted by Crippen LogP contribution is -2.28. The second kappa shape index (κ2) is 8.49. The van der Waals surface area contributed by atoms with Crippen LogP contribution >= 0.6 is 11.6 Å². The van der Waals surface area contributed by atoms with Crippen molar-refractivity contribution in [1.29, 1.82) is 0 Å². The summed E-state index contributed by atoms with van der Waals surface area (Å²) in [5.41, 5.74) is 1.02. The van der Waals surface area contributed by atoms with Crippen LogP contribution in [0, 0.1) is 0 Å². The Hall–Kier alpha value is -3.85. The number of methoxy groups -OCH3 is 2. The molecule has 0 unspecified atom stereocenters. The normalized spacial score (nSPS) is 10.8. The molecule has 4 rings (SSSR count). The Morgan fingerprint density at radius 3 is 2.65 bits per heavy atom. The fourth-order valence-electron chi connectivity index (χ4n) is 3.05. The highest BCUT2D eigenvalue weighted by atomic mass is 35.5. The molecule has 0 aliphatic rings. The van der Waals surface area contributed by atoms with Crippen LogP contribution in [0.5, 0.6) is 11.5 Å². The zero-order chi connectivity index (χ0) is 22.0. The van der Waals surface area contributed by atoms with Crippen LogP contribution < -0.4 is 20.3 Å². The van der Waals surface area contributed by atoms with Crippen LogP contribution in [0.15, 0.2) is 58.1 Å². The molecule has 0 radical (unpaired) electrons. The summed E-state index contributed by atoms with van der Waals surface area (Å²) in [6.45, 7) is -0.270. The van der Waals surface area contributed by atoms with Crippen molar-refractivity contribution in [2.75, 3.05) is 19.5 Å². The van der Waals surface area contributed by atoms with Crippen molar-refractivity contribution in [3.63, 3.8) is 0 Å². The lowest BCUT2D eigenvalue weighted by molar-refractivity contribution is -0.116. The minimum absolute atomic E-state index is 0.0843. The average molecular weight is 441 g/mol. The third-order valence-electron chi connectivity index (χ3n) is 4.58. The maximum Gasteiger partial charge on any atom is 0.267 e. The molecule has 0 aliphatic carbocycles. The van der Waals surface area contributed by atoms with Gasteiger partial charge in [-0.15, -0.1) is 0 Å². The first-order valence-electron chi connectivity index (χ1n) is 9.13. The van der Waals surface area contributed by atoms with Crippen molar-refractivity contribution < 1.29 is 18.8 Å². The minimum atomic E-state index is -0.455. The van der Waals surface area contributed by atoms with E-state index in [0.717, 1.165) is 0 Å². The van der Waals surface area contributed by atoms with Crippen LogP contribution in [0.2, 0.25) is 5.02 Å². The third kappa shape index (κ3) is 4.08. The van der Waals surface area contributed by atoms with Crippen LogP contribution in [0.25, 0.3) is 22.4 Å². The van der Waals surface area contributed by atoms with Crippen LogP contribution in [0.1, 0.15) is 0 Å². The molecule has 10 heteroatoms. The molecule has 1 amide bonds. The molecule has 0 saturated carbocycles. The molecular weight excluding hydrogens is 424 g/mol. The molecule has 0 spiro atoms. The van der Waals surface area contributed by atoms with Gasteiger partial charge in [0.2, 0.25) is 5.91 Å². The largest absolute Gasteiger partial charge is 0.497 e. The van der Waals surface area contributed by atoms with Crippen LogP contribution in [0.3, 0.4) is 0 Å². The molecule has 0 bridgehead atoms. The molecule has 2 aromatic carbocycles. The molecule has 0 fully saturated rings. The Morgan fingerprint density at radius 2 is 1.94 bits per heavy atom. The van der Waals surface area contributed by atoms with Crippen molar-refractivity contribution in [2.45, 2.75) is 6.54 Å². The highest BCUT2D eigenvalue weighted by molar-refractivity contribution is 6.30. The number of rotatable bonds is 6. The monoisotopic (exact) mass is 440 g/mol. The van der Waals surface area contributed by atoms with Crippen molar-refractivity contribution in [1.82, 2.24) is 14.7 Å². The van der Waals surface area contributed by atoms with E-state index in [9.17, 15) is 9.59 Å². The SMILES string of the molecule is COc1ccc(OC)c(NC(=O)Cn2cnc3onc(-c4ccc(Cl)cc4)c3c2=O)c1. The second-order valence-corrected chi connectivity index (χ2v) is 6.95. The van der Waals surface area contributed by atoms with Gasteiger partial charge in [-0.25, -0.2) is 4.98 Å². The van der Waals surface area contributed by atoms with Crippen molar-refractivity contribution in [2.24, 2.45) is 0 Å². The molecule has 31 heavy (non-hydrogen) atoms. The predicted molar refractivity (Wildman–Crippen MR) is 115 cm³/mol. The molecule has 0 aliphatic heterocycles. The molecule has 158 valence electrons. The van der Waals surface area contributed by atoms with Crippen LogP contribution in [0.4, 0.5) is 5.69 Å². The lowest BCUT2D eigenvalue weighted by Gasteiger charge is -2.12. The third-order valence-corrected chi connectivity index (χ3v) is 4.83. The van der Waals surface area contributed by atoms with Gasteiger partial charge in [-0.2, -0.15) is 0 Å². The molecule has 0 saturated heterocycles. The Bertz CT molecular complexity index is 1310. The number of ether oxygens (including phenoxy) is 2. The number of benzene rings is 2. The van der Waals surface area contributed by atoms with Gasteiger partial charge in [-0.1, -0.05) is 28.9 Å². The van der Waals surface area contributed by atoms with Gasteiger partial charge in [0.15, 0.2) is 0 Å². The van der Waals surface area contributed by atoms with E-state index in [1.54, 1.807) is 42.5 Å². The van der Waals surface area contributed by atoms with E-state index < -0.39 is 11.5 Å². The Balaban J connectivity index is 1.64. The summed E-state index contributed by atoms with van der Waals surface area (Å²) < 4.78 is 16.8. The van der Waals surface area contributed by atoms with Gasteiger partial charge in [0.25, 0.3) is 11.3 Å². The summed E-state index contributed by atoms with van der Waals surface area (Å²) in [5.74, 6) is 0.562. The smallest absolute Gasteiger partial charge is 0.267 e. The molecule has 0 atom stereocenters. The van der Waals surface area contributed by atoms with E-state index in [-0.39, 0.29) is 17.6 Å². The molecule has 9 nitrogen and oxygen atoms in total. The Kier molecular flexibility index (Phi) is 5.59. The molecule has 1 N–H and O–H groups in total. The first-order chi connectivity index (χ1) is 15.0. The highest BCUT2D eigenvalue weighted by Gasteiger charge is 2.18. The van der Waals surface area contributed by atoms with Crippen LogP contribution in [-0.2, 0) is 11.3 Å². The van der Waals surface area contributed by atoms with Gasteiger partial charge in [0, 0.05) is 16.7 Å². The summed E-state index contributed by atoms with van der Waals surface area (Å²) in [5, 5.41) is 7.41. The molecular formula is C21H17ClN4O5. The zero-order valence-electron chi connectivity index (χ0n) is 16.6. The Labute approximate surface area is 181 Å². The zero-order valence-corrected chi connectivity index (χ0v) is 17.3. The number of carbonyl (C=O) groups excluding carboxylic acids is 1. The number of amides is 1. The number of nitrogens with one attached hydrogen (secondary N) is 1. The van der Waals surface area contributed by atoms with E-state index in [1.165, 1.54) is 25.1 Å². The van der Waals surface area contributed by atoms with E-state index in [2.05, 4.69) is 15.5 Å². The number of fused-ring (bicyclic) bond motifs is 1. The van der Waals surface area contributed by atoms with E-state index >= 15 is 0 Å². The first kappa shape index (κ1) is 20.4. The summed E-state index contributed by atoms with van der Waals surface area (Å²) >= 11 is 5.93. The molecule has 4 aromatic rings. The van der Waals surface area contributed by atoms with E-state index in [1.807, 2.05) is 0 Å². The van der Waals surface area contributed by atoms with Gasteiger partial charge in [0.1, 0.15) is 35.5 Å². The minimum Gasteiger partial charge on any atom is -0.497 e. The maximum absolute atomic E-state index is 13.0. The quantitative estimate of drug-likeness (QED) is 0.489. The summed E-state index contributed by atoms with van der Waals surface area (Å²) in [4.78, 5) is 29.8. The standard InChI is InChI=1S/C21H17ClN4O5/c1-29-14-7-8-16(30-2)15(9-14)24-17(27)10-26-11-23-20-18(21(26)28)19(25-31-20)12-3-5-13(22)6-4-12/h3-9,11H,10H2,1-2H3,(H,24,27). The second-order valence-electron chi connectivity index (χ2n) is 6.51. The number of aromatic nitrogens is 3. The van der Waals surface area contributed by atoms with Gasteiger partial charge < -0.3 is 19.3 Å². The first-order valence-corrected chi connectivity index (χ1v) is 9.50. The average Bonchev–Trinajstić information content (AvgIpc) is 3.21. The van der Waals surface area contributed by atoms with E-state index in [4.69, 9.17) is 25.6 Å². The fourth-order valence-corrected chi connectivity index (χ4v) is 3.18. The lowest BCUT2D eigenvalue weighted by atomic mass is 10.1. The summed E-state index contributed by atoms with van der Waals surface area (Å²) in [6.07, 6.45) is 1.24. The number of halogens is 1. The van der Waals surface area contributed by atoms with Gasteiger partial charge >= 0.3 is 0 Å². The topological polar surface area (TPSA) is 108 Å². The van der Waals surface area contributed by atoms with Crippen molar-refractivity contribution >= 4 is 34.3 Å². The maximum atomic E-state index is 13.0.